The monoisotopic (exact) mass is 174 g/mol. The fourth-order valence-corrected chi connectivity index (χ4v) is 1.05. The van der Waals surface area contributed by atoms with Crippen molar-refractivity contribution in [2.45, 2.75) is 6.54 Å². The average Bonchev–Trinajstić information content (AvgIpc) is 2.69. The average molecular weight is 174 g/mol. The number of nitrogens with zero attached hydrogens (tertiary/aromatic N) is 2. The summed E-state index contributed by atoms with van der Waals surface area (Å²) in [6.45, 7) is 0.700. The summed E-state index contributed by atoms with van der Waals surface area (Å²) in [5.74, 6) is 0. The fourth-order valence-electron chi connectivity index (χ4n) is 1.05. The third kappa shape index (κ3) is 2.05. The van der Waals surface area contributed by atoms with Gasteiger partial charge in [-0.05, 0) is 6.07 Å². The van der Waals surface area contributed by atoms with Crippen molar-refractivity contribution in [3.05, 3.63) is 42.7 Å². The number of anilines is 1. The summed E-state index contributed by atoms with van der Waals surface area (Å²) in [5, 5.41) is 3.21. The molecule has 0 bridgehead atoms. The summed E-state index contributed by atoms with van der Waals surface area (Å²) in [5.41, 5.74) is 1.99. The van der Waals surface area contributed by atoms with Crippen molar-refractivity contribution in [1.29, 1.82) is 0 Å². The van der Waals surface area contributed by atoms with Crippen molar-refractivity contribution in [1.82, 2.24) is 15.0 Å². The molecule has 0 aromatic carbocycles. The SMILES string of the molecule is c1cnc(CNc2cc[nH]c2)cn1. The molecular weight excluding hydrogens is 164 g/mol. The van der Waals surface area contributed by atoms with Gasteiger partial charge in [-0.1, -0.05) is 0 Å². The Morgan fingerprint density at radius 2 is 2.38 bits per heavy atom. The van der Waals surface area contributed by atoms with Crippen LogP contribution < -0.4 is 5.32 Å². The summed E-state index contributed by atoms with van der Waals surface area (Å²) in [7, 11) is 0. The van der Waals surface area contributed by atoms with Gasteiger partial charge in [-0.3, -0.25) is 9.97 Å². The number of rotatable bonds is 3. The van der Waals surface area contributed by atoms with Crippen LogP contribution >= 0.6 is 0 Å². The molecule has 13 heavy (non-hydrogen) atoms. The molecular formula is C9H10N4. The molecule has 2 N–H and O–H groups in total. The Hall–Kier alpha value is -1.84. The quantitative estimate of drug-likeness (QED) is 0.739. The molecule has 2 aromatic heterocycles. The van der Waals surface area contributed by atoms with Crippen LogP contribution in [0.2, 0.25) is 0 Å². The predicted molar refractivity (Wildman–Crippen MR) is 50.2 cm³/mol. The van der Waals surface area contributed by atoms with Gasteiger partial charge in [0.2, 0.25) is 0 Å². The molecule has 0 aliphatic heterocycles. The summed E-state index contributed by atoms with van der Waals surface area (Å²) >= 11 is 0. The maximum absolute atomic E-state index is 4.14. The first-order valence-electron chi connectivity index (χ1n) is 4.07. The molecule has 4 heteroatoms. The second kappa shape index (κ2) is 3.71. The first kappa shape index (κ1) is 7.79. The van der Waals surface area contributed by atoms with E-state index < -0.39 is 0 Å². The Bertz CT molecular complexity index is 341. The summed E-state index contributed by atoms with van der Waals surface area (Å²) in [6.07, 6.45) is 8.88. The molecule has 0 atom stereocenters. The van der Waals surface area contributed by atoms with Crippen molar-refractivity contribution in [3.63, 3.8) is 0 Å². The molecule has 0 unspecified atom stereocenters. The van der Waals surface area contributed by atoms with E-state index in [9.17, 15) is 0 Å². The molecule has 2 aromatic rings. The van der Waals surface area contributed by atoms with Gasteiger partial charge in [-0.2, -0.15) is 0 Å². The van der Waals surface area contributed by atoms with E-state index >= 15 is 0 Å². The minimum atomic E-state index is 0.700. The van der Waals surface area contributed by atoms with E-state index in [0.717, 1.165) is 11.4 Å². The minimum absolute atomic E-state index is 0.700. The van der Waals surface area contributed by atoms with E-state index in [1.165, 1.54) is 0 Å². The Morgan fingerprint density at radius 1 is 1.38 bits per heavy atom. The lowest BCUT2D eigenvalue weighted by molar-refractivity contribution is 1.01. The van der Waals surface area contributed by atoms with Gasteiger partial charge in [0.1, 0.15) is 0 Å². The van der Waals surface area contributed by atoms with E-state index in [2.05, 4.69) is 20.3 Å². The van der Waals surface area contributed by atoms with Gasteiger partial charge in [-0.15, -0.1) is 0 Å². The van der Waals surface area contributed by atoms with Crippen LogP contribution in [0.3, 0.4) is 0 Å². The highest BCUT2D eigenvalue weighted by atomic mass is 14.9. The van der Waals surface area contributed by atoms with Crippen LogP contribution in [-0.2, 0) is 6.54 Å². The fraction of sp³-hybridized carbons (Fsp3) is 0.111. The molecule has 2 heterocycles. The van der Waals surface area contributed by atoms with Crippen molar-refractivity contribution in [3.8, 4) is 0 Å². The Labute approximate surface area is 76.1 Å². The zero-order chi connectivity index (χ0) is 8.93. The number of hydrogen-bond acceptors (Lipinski definition) is 3. The summed E-state index contributed by atoms with van der Waals surface area (Å²) in [4.78, 5) is 11.1. The first-order valence-corrected chi connectivity index (χ1v) is 4.07. The topological polar surface area (TPSA) is 53.6 Å². The number of aromatic amines is 1. The van der Waals surface area contributed by atoms with E-state index in [0.29, 0.717) is 6.54 Å². The van der Waals surface area contributed by atoms with Gasteiger partial charge in [0.05, 0.1) is 24.1 Å². The molecule has 0 amide bonds. The van der Waals surface area contributed by atoms with E-state index in [1.54, 1.807) is 18.6 Å². The van der Waals surface area contributed by atoms with Crippen molar-refractivity contribution in [2.75, 3.05) is 5.32 Å². The zero-order valence-electron chi connectivity index (χ0n) is 7.07. The molecule has 4 nitrogen and oxygen atoms in total. The molecule has 0 radical (unpaired) electrons. The second-order valence-electron chi connectivity index (χ2n) is 2.65. The van der Waals surface area contributed by atoms with Gasteiger partial charge in [-0.25, -0.2) is 0 Å². The van der Waals surface area contributed by atoms with Crippen LogP contribution in [0, 0.1) is 0 Å². The molecule has 66 valence electrons. The number of nitrogens with one attached hydrogen (secondary N) is 2. The molecule has 0 spiro atoms. The van der Waals surface area contributed by atoms with Gasteiger partial charge >= 0.3 is 0 Å². The highest BCUT2D eigenvalue weighted by molar-refractivity contribution is 5.40. The smallest absolute Gasteiger partial charge is 0.0777 e. The summed E-state index contributed by atoms with van der Waals surface area (Å²) < 4.78 is 0. The largest absolute Gasteiger partial charge is 0.378 e. The van der Waals surface area contributed by atoms with Crippen LogP contribution in [0.1, 0.15) is 5.69 Å². The first-order chi connectivity index (χ1) is 6.45. The molecule has 0 saturated heterocycles. The van der Waals surface area contributed by atoms with Crippen LogP contribution in [0.4, 0.5) is 5.69 Å². The summed E-state index contributed by atoms with van der Waals surface area (Å²) in [6, 6.07) is 1.97. The molecule has 0 aliphatic rings. The Morgan fingerprint density at radius 3 is 3.08 bits per heavy atom. The van der Waals surface area contributed by atoms with Crippen molar-refractivity contribution >= 4 is 5.69 Å². The lowest BCUT2D eigenvalue weighted by Crippen LogP contribution is -2.00. The third-order valence-electron chi connectivity index (χ3n) is 1.69. The Kier molecular flexibility index (Phi) is 2.22. The normalized spacial score (nSPS) is 9.85. The standard InChI is InChI=1S/C9H10N4/c1-2-10-5-8(1)13-7-9-6-11-3-4-12-9/h1-6,10,13H,7H2. The van der Waals surface area contributed by atoms with Gasteiger partial charge in [0.25, 0.3) is 0 Å². The van der Waals surface area contributed by atoms with Gasteiger partial charge < -0.3 is 10.3 Å². The minimum Gasteiger partial charge on any atom is -0.378 e. The molecule has 0 aliphatic carbocycles. The van der Waals surface area contributed by atoms with E-state index in [-0.39, 0.29) is 0 Å². The predicted octanol–water partition coefficient (Wildman–Crippen LogP) is 1.42. The molecule has 0 saturated carbocycles. The third-order valence-corrected chi connectivity index (χ3v) is 1.69. The highest BCUT2D eigenvalue weighted by Crippen LogP contribution is 2.04. The van der Waals surface area contributed by atoms with Crippen LogP contribution in [0.15, 0.2) is 37.1 Å². The maximum atomic E-state index is 4.14. The van der Waals surface area contributed by atoms with Crippen molar-refractivity contribution < 1.29 is 0 Å². The highest BCUT2D eigenvalue weighted by Gasteiger charge is 1.93. The lowest BCUT2D eigenvalue weighted by atomic mass is 10.4. The van der Waals surface area contributed by atoms with Crippen LogP contribution in [0.25, 0.3) is 0 Å². The van der Waals surface area contributed by atoms with E-state index in [4.69, 9.17) is 0 Å². The van der Waals surface area contributed by atoms with E-state index in [1.807, 2.05) is 18.5 Å². The number of aromatic nitrogens is 3. The van der Waals surface area contributed by atoms with Gasteiger partial charge in [0, 0.05) is 24.8 Å². The lowest BCUT2D eigenvalue weighted by Gasteiger charge is -2.01. The number of H-pyrrole nitrogens is 1. The molecule has 0 fully saturated rings. The zero-order valence-corrected chi connectivity index (χ0v) is 7.07. The second-order valence-corrected chi connectivity index (χ2v) is 2.65. The van der Waals surface area contributed by atoms with Gasteiger partial charge in [0.15, 0.2) is 0 Å². The van der Waals surface area contributed by atoms with Crippen LogP contribution in [-0.4, -0.2) is 15.0 Å². The Balaban J connectivity index is 1.94. The maximum Gasteiger partial charge on any atom is 0.0777 e. The molecule has 2 rings (SSSR count). The van der Waals surface area contributed by atoms with Crippen LogP contribution in [0.5, 0.6) is 0 Å². The van der Waals surface area contributed by atoms with Crippen molar-refractivity contribution in [2.24, 2.45) is 0 Å². The number of hydrogen-bond donors (Lipinski definition) is 2.